The van der Waals surface area contributed by atoms with Crippen LogP contribution in [0.25, 0.3) is 0 Å². The third-order valence-corrected chi connectivity index (χ3v) is 5.78. The highest BCUT2D eigenvalue weighted by Crippen LogP contribution is 2.39. The smallest absolute Gasteiger partial charge is 0.136 e. The summed E-state index contributed by atoms with van der Waals surface area (Å²) in [6, 6.07) is 0. The molecule has 0 spiro atoms. The molecule has 0 N–H and O–H groups in total. The number of unbranched alkanes of at least 4 members (excludes halogenated alkanes) is 4. The van der Waals surface area contributed by atoms with Crippen LogP contribution in [0.5, 0.6) is 0 Å². The van der Waals surface area contributed by atoms with Crippen molar-refractivity contribution < 1.29 is 4.79 Å². The molecule has 0 aromatic heterocycles. The predicted molar refractivity (Wildman–Crippen MR) is 85.8 cm³/mol. The molecule has 0 unspecified atom stereocenters. The molecule has 1 atom stereocenters. The first-order chi connectivity index (χ1) is 9.81. The van der Waals surface area contributed by atoms with E-state index in [0.717, 1.165) is 24.7 Å². The van der Waals surface area contributed by atoms with Crippen molar-refractivity contribution in [2.24, 2.45) is 17.8 Å². The van der Waals surface area contributed by atoms with E-state index in [1.165, 1.54) is 77.0 Å². The minimum absolute atomic E-state index is 0.453. The first-order valence-corrected chi connectivity index (χ1v) is 9.34. The Kier molecular flexibility index (Phi) is 7.10. The molecule has 2 fully saturated rings. The van der Waals surface area contributed by atoms with Gasteiger partial charge in [-0.1, -0.05) is 64.7 Å². The lowest BCUT2D eigenvalue weighted by Gasteiger charge is -2.35. The van der Waals surface area contributed by atoms with E-state index in [0.29, 0.717) is 11.7 Å². The topological polar surface area (TPSA) is 17.1 Å². The lowest BCUT2D eigenvalue weighted by Crippen LogP contribution is -2.30. The van der Waals surface area contributed by atoms with Gasteiger partial charge >= 0.3 is 0 Å². The molecule has 116 valence electrons. The van der Waals surface area contributed by atoms with Crippen molar-refractivity contribution in [3.8, 4) is 0 Å². The molecule has 2 aliphatic rings. The second-order valence-electron chi connectivity index (χ2n) is 7.30. The molecule has 2 rings (SSSR count). The van der Waals surface area contributed by atoms with E-state index in [-0.39, 0.29) is 0 Å². The molecule has 20 heavy (non-hydrogen) atoms. The summed E-state index contributed by atoms with van der Waals surface area (Å²) in [7, 11) is 0. The normalized spacial score (nSPS) is 31.4. The molecule has 0 aromatic carbocycles. The van der Waals surface area contributed by atoms with Crippen molar-refractivity contribution in [3.05, 3.63) is 0 Å². The Hall–Kier alpha value is -0.330. The molecule has 0 aliphatic heterocycles. The third kappa shape index (κ3) is 4.90. The van der Waals surface area contributed by atoms with Gasteiger partial charge in [-0.2, -0.15) is 0 Å². The van der Waals surface area contributed by atoms with E-state index in [2.05, 4.69) is 6.92 Å². The van der Waals surface area contributed by atoms with Gasteiger partial charge in [-0.15, -0.1) is 0 Å². The van der Waals surface area contributed by atoms with Gasteiger partial charge in [-0.05, 0) is 37.5 Å². The monoisotopic (exact) mass is 278 g/mol. The van der Waals surface area contributed by atoms with Crippen LogP contribution >= 0.6 is 0 Å². The Bertz CT molecular complexity index is 275. The van der Waals surface area contributed by atoms with Crippen LogP contribution < -0.4 is 0 Å². The van der Waals surface area contributed by atoms with Gasteiger partial charge in [0, 0.05) is 12.3 Å². The van der Waals surface area contributed by atoms with Crippen LogP contribution in [0.4, 0.5) is 0 Å². The maximum Gasteiger partial charge on any atom is 0.136 e. The summed E-state index contributed by atoms with van der Waals surface area (Å²) >= 11 is 0. The van der Waals surface area contributed by atoms with Crippen LogP contribution in [0.1, 0.15) is 96.8 Å². The average molecular weight is 278 g/mol. The fraction of sp³-hybridized carbons (Fsp3) is 0.947. The zero-order valence-corrected chi connectivity index (χ0v) is 13.5. The Balaban J connectivity index is 1.61. The van der Waals surface area contributed by atoms with E-state index in [4.69, 9.17) is 0 Å². The summed E-state index contributed by atoms with van der Waals surface area (Å²) in [6.45, 7) is 2.29. The van der Waals surface area contributed by atoms with Gasteiger partial charge in [0.25, 0.3) is 0 Å². The fourth-order valence-electron chi connectivity index (χ4n) is 4.42. The lowest BCUT2D eigenvalue weighted by atomic mass is 9.70. The molecule has 0 amide bonds. The maximum atomic E-state index is 12.0. The third-order valence-electron chi connectivity index (χ3n) is 5.78. The SMILES string of the molecule is CCCCCCCC1CCC([C@@H]2CCCCC2=O)CC1. The van der Waals surface area contributed by atoms with Gasteiger partial charge in [0.15, 0.2) is 0 Å². The minimum Gasteiger partial charge on any atom is -0.299 e. The van der Waals surface area contributed by atoms with Crippen LogP contribution in [0, 0.1) is 17.8 Å². The van der Waals surface area contributed by atoms with Crippen molar-refractivity contribution in [2.45, 2.75) is 96.8 Å². The highest BCUT2D eigenvalue weighted by atomic mass is 16.1. The van der Waals surface area contributed by atoms with E-state index >= 15 is 0 Å². The van der Waals surface area contributed by atoms with E-state index < -0.39 is 0 Å². The van der Waals surface area contributed by atoms with Crippen molar-refractivity contribution in [1.29, 1.82) is 0 Å². The summed E-state index contributed by atoms with van der Waals surface area (Å²) in [5, 5.41) is 0. The molecule has 2 aliphatic carbocycles. The van der Waals surface area contributed by atoms with Gasteiger partial charge < -0.3 is 0 Å². The number of ketones is 1. The van der Waals surface area contributed by atoms with E-state index in [9.17, 15) is 4.79 Å². The fourth-order valence-corrected chi connectivity index (χ4v) is 4.42. The van der Waals surface area contributed by atoms with Crippen LogP contribution in [0.3, 0.4) is 0 Å². The summed E-state index contributed by atoms with van der Waals surface area (Å²) in [5.74, 6) is 2.78. The zero-order valence-electron chi connectivity index (χ0n) is 13.5. The van der Waals surface area contributed by atoms with E-state index in [1.54, 1.807) is 0 Å². The van der Waals surface area contributed by atoms with Gasteiger partial charge in [0.1, 0.15) is 5.78 Å². The van der Waals surface area contributed by atoms with Crippen LogP contribution in [0.15, 0.2) is 0 Å². The zero-order chi connectivity index (χ0) is 14.2. The second kappa shape index (κ2) is 8.85. The Labute approximate surface area is 125 Å². The van der Waals surface area contributed by atoms with E-state index in [1.807, 2.05) is 0 Å². The highest BCUT2D eigenvalue weighted by Gasteiger charge is 2.32. The molecule has 1 heteroatoms. The summed E-state index contributed by atoms with van der Waals surface area (Å²) in [5.41, 5.74) is 0. The number of hydrogen-bond acceptors (Lipinski definition) is 1. The van der Waals surface area contributed by atoms with Gasteiger partial charge in [-0.3, -0.25) is 4.79 Å². The predicted octanol–water partition coefficient (Wildman–Crippen LogP) is 5.91. The number of Topliss-reactive ketones (excluding diaryl/α,β-unsaturated/α-hetero) is 1. The maximum absolute atomic E-state index is 12.0. The van der Waals surface area contributed by atoms with Crippen LogP contribution in [0.2, 0.25) is 0 Å². The quantitative estimate of drug-likeness (QED) is 0.529. The van der Waals surface area contributed by atoms with Crippen molar-refractivity contribution >= 4 is 5.78 Å². The highest BCUT2D eigenvalue weighted by molar-refractivity contribution is 5.81. The Morgan fingerprint density at radius 3 is 2.35 bits per heavy atom. The van der Waals surface area contributed by atoms with Gasteiger partial charge in [-0.25, -0.2) is 0 Å². The molecule has 2 saturated carbocycles. The molecule has 0 heterocycles. The summed E-state index contributed by atoms with van der Waals surface area (Å²) < 4.78 is 0. The van der Waals surface area contributed by atoms with Gasteiger partial charge in [0.2, 0.25) is 0 Å². The molecule has 0 bridgehead atoms. The minimum atomic E-state index is 0.453. The van der Waals surface area contributed by atoms with Crippen LogP contribution in [-0.4, -0.2) is 5.78 Å². The largest absolute Gasteiger partial charge is 0.299 e. The van der Waals surface area contributed by atoms with Crippen molar-refractivity contribution in [3.63, 3.8) is 0 Å². The average Bonchev–Trinajstić information content (AvgIpc) is 2.48. The molecule has 0 aromatic rings. The molecular weight excluding hydrogens is 244 g/mol. The van der Waals surface area contributed by atoms with Gasteiger partial charge in [0.05, 0.1) is 0 Å². The first kappa shape index (κ1) is 16.0. The summed E-state index contributed by atoms with van der Waals surface area (Å²) in [4.78, 5) is 12.0. The molecule has 0 saturated heterocycles. The van der Waals surface area contributed by atoms with Crippen LogP contribution in [-0.2, 0) is 4.79 Å². The number of carbonyl (C=O) groups excluding carboxylic acids is 1. The lowest BCUT2D eigenvalue weighted by molar-refractivity contribution is -0.127. The molecule has 1 nitrogen and oxygen atoms in total. The Morgan fingerprint density at radius 2 is 1.65 bits per heavy atom. The molecular formula is C19H34O. The first-order valence-electron chi connectivity index (χ1n) is 9.34. The number of rotatable bonds is 7. The second-order valence-corrected chi connectivity index (χ2v) is 7.30. The number of hydrogen-bond donors (Lipinski definition) is 0. The molecule has 0 radical (unpaired) electrons. The number of carbonyl (C=O) groups is 1. The van der Waals surface area contributed by atoms with Crippen molar-refractivity contribution in [1.82, 2.24) is 0 Å². The van der Waals surface area contributed by atoms with Crippen molar-refractivity contribution in [2.75, 3.05) is 0 Å². The summed E-state index contributed by atoms with van der Waals surface area (Å²) in [6.07, 6.45) is 18.6. The Morgan fingerprint density at radius 1 is 0.900 bits per heavy atom. The standard InChI is InChI=1S/C19H34O/c1-2-3-4-5-6-9-16-12-14-17(15-13-16)18-10-7-8-11-19(18)20/h16-18H,2-15H2,1H3/t16?,17?,18-/m0/s1.